The molecular weight excluding hydrogens is 342 g/mol. The number of rotatable bonds is 16. The van der Waals surface area contributed by atoms with Gasteiger partial charge in [0.1, 0.15) is 6.10 Å². The van der Waals surface area contributed by atoms with Gasteiger partial charge in [0.15, 0.2) is 6.29 Å². The van der Waals surface area contributed by atoms with Gasteiger partial charge in [-0.25, -0.2) is 0 Å². The Hall–Kier alpha value is -2.27. The average Bonchev–Trinajstić information content (AvgIpc) is 2.65. The fourth-order valence-corrected chi connectivity index (χ4v) is 2.25. The van der Waals surface area contributed by atoms with Crippen molar-refractivity contribution in [1.29, 1.82) is 0 Å². The first kappa shape index (κ1) is 24.7. The lowest BCUT2D eigenvalue weighted by Crippen LogP contribution is -2.32. The Morgan fingerprint density at radius 2 is 1.41 bits per heavy atom. The summed E-state index contributed by atoms with van der Waals surface area (Å²) in [4.78, 5) is 20.8. The van der Waals surface area contributed by atoms with Crippen molar-refractivity contribution in [2.24, 2.45) is 0 Å². The zero-order valence-electron chi connectivity index (χ0n) is 16.2. The number of allylic oxidation sites excluding steroid dienone is 8. The molecule has 0 aliphatic carbocycles. The third-order valence-corrected chi connectivity index (χ3v) is 3.77. The Balaban J connectivity index is 4.16. The number of hydrogen-bond acceptors (Lipinski definition) is 4. The second kappa shape index (κ2) is 18.5. The summed E-state index contributed by atoms with van der Waals surface area (Å²) < 4.78 is 0. The number of nitrogens with zero attached hydrogens (tertiary/aromatic N) is 1. The average molecular weight is 375 g/mol. The number of aliphatic hydroxyl groups is 1. The van der Waals surface area contributed by atoms with Gasteiger partial charge in [0, 0.05) is 17.8 Å². The topological polar surface area (TPSA) is 80.4 Å². The Morgan fingerprint density at radius 1 is 0.889 bits per heavy atom. The highest BCUT2D eigenvalue weighted by atomic mass is 16.6. The van der Waals surface area contributed by atoms with Crippen molar-refractivity contribution in [2.45, 2.75) is 70.4 Å². The molecule has 5 nitrogen and oxygen atoms in total. The van der Waals surface area contributed by atoms with Crippen LogP contribution in [0.15, 0.2) is 60.8 Å². The molecule has 149 valence electrons. The number of hydrogen-bond donors (Lipinski definition) is 1. The summed E-state index contributed by atoms with van der Waals surface area (Å²) in [5.41, 5.74) is 0. The van der Waals surface area contributed by atoms with E-state index in [1.165, 1.54) is 0 Å². The molecule has 27 heavy (non-hydrogen) atoms. The Labute approximate surface area is 163 Å². The lowest BCUT2D eigenvalue weighted by Gasteiger charge is -2.12. The molecule has 1 radical (unpaired) electrons. The van der Waals surface area contributed by atoms with Gasteiger partial charge < -0.3 is 5.11 Å². The highest BCUT2D eigenvalue weighted by molar-refractivity contribution is 5.50. The minimum Gasteiger partial charge on any atom is -0.386 e. The second-order valence-electron chi connectivity index (χ2n) is 6.05. The largest absolute Gasteiger partial charge is 0.386 e. The van der Waals surface area contributed by atoms with Crippen LogP contribution in [0, 0.1) is 10.1 Å². The Morgan fingerprint density at radius 3 is 1.96 bits per heavy atom. The minimum atomic E-state index is -1.01. The summed E-state index contributed by atoms with van der Waals surface area (Å²) >= 11 is 0. The first-order valence-corrected chi connectivity index (χ1v) is 9.55. The number of nitro groups is 1. The lowest BCUT2D eigenvalue weighted by molar-refractivity contribution is -0.533. The van der Waals surface area contributed by atoms with E-state index in [0.29, 0.717) is 19.3 Å². The second-order valence-corrected chi connectivity index (χ2v) is 6.05. The van der Waals surface area contributed by atoms with Gasteiger partial charge in [-0.2, -0.15) is 0 Å². The quantitative estimate of drug-likeness (QED) is 0.178. The van der Waals surface area contributed by atoms with Crippen molar-refractivity contribution in [2.75, 3.05) is 0 Å². The van der Waals surface area contributed by atoms with Crippen molar-refractivity contribution in [3.05, 3.63) is 70.9 Å². The maximum absolute atomic E-state index is 11.2. The van der Waals surface area contributed by atoms with Gasteiger partial charge in [0.2, 0.25) is 6.04 Å². The van der Waals surface area contributed by atoms with Crippen molar-refractivity contribution in [1.82, 2.24) is 0 Å². The first-order chi connectivity index (χ1) is 13.1. The molecule has 0 bridgehead atoms. The molecule has 0 aromatic rings. The van der Waals surface area contributed by atoms with E-state index < -0.39 is 17.1 Å². The molecule has 0 saturated carbocycles. The molecule has 0 amide bonds. The van der Waals surface area contributed by atoms with Gasteiger partial charge in [-0.1, -0.05) is 67.7 Å². The summed E-state index contributed by atoms with van der Waals surface area (Å²) in [5.74, 6) is 0. The molecule has 0 aromatic carbocycles. The molecule has 1 N–H and O–H groups in total. The van der Waals surface area contributed by atoms with Crippen molar-refractivity contribution in [3.63, 3.8) is 0 Å². The summed E-state index contributed by atoms with van der Waals surface area (Å²) in [6.07, 6.45) is 25.0. The maximum atomic E-state index is 11.2. The van der Waals surface area contributed by atoms with Crippen LogP contribution in [0.2, 0.25) is 0 Å². The fourth-order valence-electron chi connectivity index (χ4n) is 2.25. The predicted octanol–water partition coefficient (Wildman–Crippen LogP) is 5.02. The van der Waals surface area contributed by atoms with E-state index in [9.17, 15) is 20.0 Å². The van der Waals surface area contributed by atoms with Gasteiger partial charge in [-0.05, 0) is 38.5 Å². The maximum Gasteiger partial charge on any atom is 0.242 e. The summed E-state index contributed by atoms with van der Waals surface area (Å²) in [6, 6.07) is -0.999. The van der Waals surface area contributed by atoms with Gasteiger partial charge in [-0.15, -0.1) is 0 Å². The standard InChI is InChI=1S/C22H32NO4/c1-2-3-4-5-6-7-9-12-15-18-21(23(26)27)22(25)19-16-13-10-8-11-14-17-20-24/h3-4,6-8,11-13,15-16,21-22,25H,2,5,9-10,14,17-19H2,1H3/b4-3-,7-6-,11-8-,15-12-,16-13-. The molecule has 5 heteroatoms. The van der Waals surface area contributed by atoms with Crippen LogP contribution in [-0.4, -0.2) is 28.5 Å². The van der Waals surface area contributed by atoms with Crippen LogP contribution in [0.5, 0.6) is 0 Å². The number of aliphatic hydroxyl groups excluding tert-OH is 1. The van der Waals surface area contributed by atoms with E-state index in [1.807, 2.05) is 36.7 Å². The molecule has 2 unspecified atom stereocenters. The van der Waals surface area contributed by atoms with E-state index >= 15 is 0 Å². The van der Waals surface area contributed by atoms with Gasteiger partial charge in [-0.3, -0.25) is 14.9 Å². The monoisotopic (exact) mass is 374 g/mol. The van der Waals surface area contributed by atoms with Crippen LogP contribution in [0.1, 0.15) is 58.3 Å². The van der Waals surface area contributed by atoms with Crippen LogP contribution >= 0.6 is 0 Å². The van der Waals surface area contributed by atoms with E-state index in [2.05, 4.69) is 25.2 Å². The van der Waals surface area contributed by atoms with Crippen LogP contribution in [0.3, 0.4) is 0 Å². The smallest absolute Gasteiger partial charge is 0.242 e. The molecule has 0 spiro atoms. The third-order valence-electron chi connectivity index (χ3n) is 3.77. The van der Waals surface area contributed by atoms with Gasteiger partial charge >= 0.3 is 0 Å². The molecule has 0 heterocycles. The zero-order valence-corrected chi connectivity index (χ0v) is 16.2. The normalized spacial score (nSPS) is 14.9. The Bertz CT molecular complexity index is 532. The van der Waals surface area contributed by atoms with Crippen LogP contribution in [-0.2, 0) is 4.79 Å². The van der Waals surface area contributed by atoms with E-state index in [4.69, 9.17) is 0 Å². The van der Waals surface area contributed by atoms with E-state index in [-0.39, 0.29) is 12.8 Å². The Kier molecular flexibility index (Phi) is 17.0. The zero-order chi connectivity index (χ0) is 20.2. The fraction of sp³-hybridized carbons (Fsp3) is 0.500. The van der Waals surface area contributed by atoms with E-state index in [1.54, 1.807) is 12.2 Å². The molecular formula is C22H32NO4. The predicted molar refractivity (Wildman–Crippen MR) is 111 cm³/mol. The minimum absolute atomic E-state index is 0.216. The molecule has 0 aromatic heterocycles. The highest BCUT2D eigenvalue weighted by Gasteiger charge is 2.27. The SMILES string of the molecule is CC/C=C\C/C=C\C/C=C\CC(C(O)C/C=C\C/C=C\CC[C]=O)[N+](=O)[O-]. The molecule has 0 rings (SSSR count). The van der Waals surface area contributed by atoms with Gasteiger partial charge in [0.25, 0.3) is 0 Å². The van der Waals surface area contributed by atoms with E-state index in [0.717, 1.165) is 19.3 Å². The molecule has 0 fully saturated rings. The lowest BCUT2D eigenvalue weighted by atomic mass is 10.0. The van der Waals surface area contributed by atoms with Crippen molar-refractivity contribution in [3.8, 4) is 0 Å². The van der Waals surface area contributed by atoms with Crippen LogP contribution < -0.4 is 0 Å². The molecule has 2 atom stereocenters. The van der Waals surface area contributed by atoms with Crippen LogP contribution in [0.25, 0.3) is 0 Å². The summed E-state index contributed by atoms with van der Waals surface area (Å²) in [6.45, 7) is 2.09. The highest BCUT2D eigenvalue weighted by Crippen LogP contribution is 2.10. The van der Waals surface area contributed by atoms with Crippen molar-refractivity contribution >= 4 is 6.29 Å². The molecule has 0 aliphatic heterocycles. The molecule has 0 saturated heterocycles. The first-order valence-electron chi connectivity index (χ1n) is 9.55. The van der Waals surface area contributed by atoms with Crippen LogP contribution in [0.4, 0.5) is 0 Å². The summed E-state index contributed by atoms with van der Waals surface area (Å²) in [7, 11) is 0. The molecule has 0 aliphatic rings. The summed E-state index contributed by atoms with van der Waals surface area (Å²) in [5, 5.41) is 21.2. The third kappa shape index (κ3) is 15.7. The van der Waals surface area contributed by atoms with Gasteiger partial charge in [0.05, 0.1) is 0 Å². The van der Waals surface area contributed by atoms with Crippen molar-refractivity contribution < 1.29 is 14.8 Å². The number of unbranched alkanes of at least 4 members (excludes halogenated alkanes) is 1. The number of carbonyl (C=O) groups excluding carboxylic acids is 1.